The number of hydrogen-bond acceptors (Lipinski definition) is 2. The van der Waals surface area contributed by atoms with Gasteiger partial charge in [-0.25, -0.2) is 0 Å². The van der Waals surface area contributed by atoms with E-state index in [0.29, 0.717) is 23.5 Å². The normalized spacial score (nSPS) is 26.5. The van der Waals surface area contributed by atoms with Crippen LogP contribution in [-0.2, 0) is 0 Å². The summed E-state index contributed by atoms with van der Waals surface area (Å²) >= 11 is 3.51. The van der Waals surface area contributed by atoms with Crippen LogP contribution in [0.5, 0.6) is 0 Å². The van der Waals surface area contributed by atoms with Crippen molar-refractivity contribution >= 4 is 15.9 Å². The number of hydrogen-bond donors (Lipinski definition) is 1. The lowest BCUT2D eigenvalue weighted by Crippen LogP contribution is -2.59. The van der Waals surface area contributed by atoms with E-state index in [2.05, 4.69) is 85.0 Å². The van der Waals surface area contributed by atoms with Gasteiger partial charge >= 0.3 is 0 Å². The van der Waals surface area contributed by atoms with Crippen molar-refractivity contribution in [3.63, 3.8) is 0 Å². The summed E-state index contributed by atoms with van der Waals surface area (Å²) in [6, 6.07) is 10.3. The molecule has 1 saturated heterocycles. The smallest absolute Gasteiger partial charge is 0.0323 e. The molecule has 1 aliphatic heterocycles. The predicted octanol–water partition coefficient (Wildman–Crippen LogP) is 4.22. The van der Waals surface area contributed by atoms with Crippen LogP contribution in [0, 0.1) is 5.41 Å². The van der Waals surface area contributed by atoms with E-state index < -0.39 is 0 Å². The van der Waals surface area contributed by atoms with E-state index in [9.17, 15) is 0 Å². The van der Waals surface area contributed by atoms with Crippen molar-refractivity contribution in [2.24, 2.45) is 5.41 Å². The fourth-order valence-corrected chi connectivity index (χ4v) is 3.20. The van der Waals surface area contributed by atoms with E-state index in [1.165, 1.54) is 5.56 Å². The Bertz CT molecular complexity index is 435. The monoisotopic (exact) mass is 338 g/mol. The Morgan fingerprint density at radius 1 is 1.25 bits per heavy atom. The molecule has 2 nitrogen and oxygen atoms in total. The molecule has 0 bridgehead atoms. The molecule has 3 unspecified atom stereocenters. The second-order valence-electron chi connectivity index (χ2n) is 7.10. The van der Waals surface area contributed by atoms with Crippen molar-refractivity contribution in [3.05, 3.63) is 34.3 Å². The molecule has 0 aliphatic carbocycles. The Kier molecular flexibility index (Phi) is 4.93. The molecule has 1 N–H and O–H groups in total. The molecular weight excluding hydrogens is 312 g/mol. The molecule has 1 fully saturated rings. The van der Waals surface area contributed by atoms with Crippen LogP contribution in [0.2, 0.25) is 0 Å². The Morgan fingerprint density at radius 3 is 2.40 bits per heavy atom. The number of nitrogens with one attached hydrogen (secondary N) is 1. The van der Waals surface area contributed by atoms with Crippen molar-refractivity contribution in [3.8, 4) is 0 Å². The highest BCUT2D eigenvalue weighted by Gasteiger charge is 2.34. The van der Waals surface area contributed by atoms with Crippen LogP contribution in [0.25, 0.3) is 0 Å². The maximum absolute atomic E-state index is 3.71. The fraction of sp³-hybridized carbons (Fsp3) is 0.647. The summed E-state index contributed by atoms with van der Waals surface area (Å²) in [6.07, 6.45) is 0. The average Bonchev–Trinajstić information content (AvgIpc) is 2.38. The lowest BCUT2D eigenvalue weighted by Gasteiger charge is -2.46. The molecule has 1 heterocycles. The molecule has 3 heteroatoms. The fourth-order valence-electron chi connectivity index (χ4n) is 2.94. The quantitative estimate of drug-likeness (QED) is 0.868. The molecule has 1 aromatic rings. The predicted molar refractivity (Wildman–Crippen MR) is 90.0 cm³/mol. The lowest BCUT2D eigenvalue weighted by atomic mass is 9.84. The van der Waals surface area contributed by atoms with Crippen molar-refractivity contribution in [2.45, 2.75) is 52.7 Å². The SMILES string of the molecule is CC1CNC(C(C)(C)C)CN1C(C)c1ccc(Br)cc1. The first kappa shape index (κ1) is 16.0. The topological polar surface area (TPSA) is 15.3 Å². The van der Waals surface area contributed by atoms with E-state index in [-0.39, 0.29) is 0 Å². The van der Waals surface area contributed by atoms with Gasteiger partial charge in [0.2, 0.25) is 0 Å². The minimum atomic E-state index is 0.303. The Morgan fingerprint density at radius 2 is 1.85 bits per heavy atom. The zero-order valence-electron chi connectivity index (χ0n) is 13.3. The number of benzene rings is 1. The van der Waals surface area contributed by atoms with E-state index in [1.807, 2.05) is 0 Å². The van der Waals surface area contributed by atoms with Crippen LogP contribution in [-0.4, -0.2) is 30.1 Å². The van der Waals surface area contributed by atoms with Gasteiger partial charge in [0, 0.05) is 35.7 Å². The Labute approximate surface area is 132 Å². The van der Waals surface area contributed by atoms with Crippen LogP contribution >= 0.6 is 15.9 Å². The van der Waals surface area contributed by atoms with Gasteiger partial charge in [-0.05, 0) is 37.0 Å². The summed E-state index contributed by atoms with van der Waals surface area (Å²) in [5, 5.41) is 3.71. The summed E-state index contributed by atoms with van der Waals surface area (Å²) in [7, 11) is 0. The van der Waals surface area contributed by atoms with E-state index in [1.54, 1.807) is 0 Å². The van der Waals surface area contributed by atoms with Gasteiger partial charge in [0.1, 0.15) is 0 Å². The highest BCUT2D eigenvalue weighted by Crippen LogP contribution is 2.30. The van der Waals surface area contributed by atoms with Gasteiger partial charge in [-0.1, -0.05) is 48.8 Å². The molecular formula is C17H27BrN2. The molecule has 1 aliphatic rings. The van der Waals surface area contributed by atoms with Crippen LogP contribution in [0.1, 0.15) is 46.2 Å². The molecule has 3 atom stereocenters. The molecule has 112 valence electrons. The van der Waals surface area contributed by atoms with Gasteiger partial charge in [0.15, 0.2) is 0 Å². The third kappa shape index (κ3) is 3.63. The van der Waals surface area contributed by atoms with Crippen molar-refractivity contribution in [1.29, 1.82) is 0 Å². The number of piperazine rings is 1. The van der Waals surface area contributed by atoms with Gasteiger partial charge in [-0.3, -0.25) is 4.90 Å². The first-order chi connectivity index (χ1) is 9.29. The second-order valence-corrected chi connectivity index (χ2v) is 8.02. The number of halogens is 1. The van der Waals surface area contributed by atoms with E-state index >= 15 is 0 Å². The number of rotatable bonds is 2. The Balaban J connectivity index is 2.14. The van der Waals surface area contributed by atoms with Gasteiger partial charge in [-0.15, -0.1) is 0 Å². The first-order valence-corrected chi connectivity index (χ1v) is 8.33. The molecule has 2 rings (SSSR count). The van der Waals surface area contributed by atoms with E-state index in [4.69, 9.17) is 0 Å². The van der Waals surface area contributed by atoms with Gasteiger partial charge in [0.25, 0.3) is 0 Å². The summed E-state index contributed by atoms with van der Waals surface area (Å²) in [6.45, 7) is 13.8. The van der Waals surface area contributed by atoms with Crippen LogP contribution in [0.3, 0.4) is 0 Å². The lowest BCUT2D eigenvalue weighted by molar-refractivity contribution is 0.0628. The molecule has 0 aromatic heterocycles. The maximum Gasteiger partial charge on any atom is 0.0323 e. The minimum absolute atomic E-state index is 0.303. The van der Waals surface area contributed by atoms with Gasteiger partial charge in [0.05, 0.1) is 0 Å². The molecule has 0 spiro atoms. The van der Waals surface area contributed by atoms with Crippen molar-refractivity contribution in [2.75, 3.05) is 13.1 Å². The second kappa shape index (κ2) is 6.17. The highest BCUT2D eigenvalue weighted by molar-refractivity contribution is 9.10. The van der Waals surface area contributed by atoms with Crippen LogP contribution < -0.4 is 5.32 Å². The zero-order chi connectivity index (χ0) is 14.9. The summed E-state index contributed by atoms with van der Waals surface area (Å²) in [5.74, 6) is 0. The molecule has 20 heavy (non-hydrogen) atoms. The standard InChI is InChI=1S/C17H27BrN2/c1-12-10-19-16(17(3,4)5)11-20(12)13(2)14-6-8-15(18)9-7-14/h6-9,12-13,16,19H,10-11H2,1-5H3. The molecule has 1 aromatic carbocycles. The summed E-state index contributed by atoms with van der Waals surface area (Å²) < 4.78 is 1.15. The first-order valence-electron chi connectivity index (χ1n) is 7.53. The molecule has 0 amide bonds. The van der Waals surface area contributed by atoms with Gasteiger partial charge in [-0.2, -0.15) is 0 Å². The Hall–Kier alpha value is -0.380. The average molecular weight is 339 g/mol. The molecule has 0 saturated carbocycles. The summed E-state index contributed by atoms with van der Waals surface area (Å²) in [5.41, 5.74) is 1.70. The third-order valence-electron chi connectivity index (χ3n) is 4.51. The highest BCUT2D eigenvalue weighted by atomic mass is 79.9. The van der Waals surface area contributed by atoms with Crippen molar-refractivity contribution in [1.82, 2.24) is 10.2 Å². The third-order valence-corrected chi connectivity index (χ3v) is 5.04. The zero-order valence-corrected chi connectivity index (χ0v) is 14.9. The largest absolute Gasteiger partial charge is 0.311 e. The van der Waals surface area contributed by atoms with Crippen molar-refractivity contribution < 1.29 is 0 Å². The van der Waals surface area contributed by atoms with Crippen LogP contribution in [0.4, 0.5) is 0 Å². The summed E-state index contributed by atoms with van der Waals surface area (Å²) in [4.78, 5) is 2.63. The van der Waals surface area contributed by atoms with E-state index in [0.717, 1.165) is 17.6 Å². The minimum Gasteiger partial charge on any atom is -0.311 e. The number of nitrogens with zero attached hydrogens (tertiary/aromatic N) is 1. The maximum atomic E-state index is 3.71. The van der Waals surface area contributed by atoms with Crippen LogP contribution in [0.15, 0.2) is 28.7 Å². The molecule has 0 radical (unpaired) electrons. The van der Waals surface area contributed by atoms with Gasteiger partial charge < -0.3 is 5.32 Å².